The van der Waals surface area contributed by atoms with Gasteiger partial charge in [0.1, 0.15) is 0 Å². The highest BCUT2D eigenvalue weighted by molar-refractivity contribution is 5.95. The van der Waals surface area contributed by atoms with Gasteiger partial charge in [-0.15, -0.1) is 0 Å². The maximum atomic E-state index is 12.3. The molecular formula is C17H19N3O3. The Bertz CT molecular complexity index is 725. The maximum Gasteiger partial charge on any atom is 0.306 e. The van der Waals surface area contributed by atoms with Crippen LogP contribution >= 0.6 is 0 Å². The summed E-state index contributed by atoms with van der Waals surface area (Å²) in [5.74, 6) is -1.28. The molecule has 2 N–H and O–H groups in total. The molecule has 1 heterocycles. The number of aliphatic carboxylic acids is 1. The van der Waals surface area contributed by atoms with Crippen LogP contribution in [0.5, 0.6) is 0 Å². The van der Waals surface area contributed by atoms with Gasteiger partial charge in [-0.1, -0.05) is 0 Å². The van der Waals surface area contributed by atoms with Gasteiger partial charge in [0.05, 0.1) is 11.6 Å². The van der Waals surface area contributed by atoms with Crippen LogP contribution in [0.1, 0.15) is 35.2 Å². The van der Waals surface area contributed by atoms with Crippen LogP contribution in [0.25, 0.3) is 5.69 Å². The standard InChI is InChI=1S/C17H19N3O3/c1-11-9-12(4-6-15(11)20-8-2-7-18-20)16(21)19-14-5-3-13(10-14)17(22)23/h2,4,6-9,13-14H,3,5,10H2,1H3,(H,19,21)(H,22,23)/t13-,14+/m0/s1. The summed E-state index contributed by atoms with van der Waals surface area (Å²) in [6.45, 7) is 1.93. The third-order valence-corrected chi connectivity index (χ3v) is 4.33. The molecule has 120 valence electrons. The Hall–Kier alpha value is -2.63. The summed E-state index contributed by atoms with van der Waals surface area (Å²) in [5.41, 5.74) is 2.46. The zero-order valence-electron chi connectivity index (χ0n) is 12.9. The monoisotopic (exact) mass is 313 g/mol. The first-order valence-electron chi connectivity index (χ1n) is 7.69. The minimum absolute atomic E-state index is 0.0605. The van der Waals surface area contributed by atoms with Crippen molar-refractivity contribution >= 4 is 11.9 Å². The van der Waals surface area contributed by atoms with E-state index >= 15 is 0 Å². The van der Waals surface area contributed by atoms with Crippen molar-refractivity contribution in [2.24, 2.45) is 5.92 Å². The Morgan fingerprint density at radius 2 is 2.17 bits per heavy atom. The molecular weight excluding hydrogens is 294 g/mol. The van der Waals surface area contributed by atoms with Crippen LogP contribution in [0, 0.1) is 12.8 Å². The lowest BCUT2D eigenvalue weighted by molar-refractivity contribution is -0.141. The van der Waals surface area contributed by atoms with Crippen LogP contribution in [0.15, 0.2) is 36.7 Å². The van der Waals surface area contributed by atoms with E-state index in [0.717, 1.165) is 11.3 Å². The van der Waals surface area contributed by atoms with E-state index < -0.39 is 5.97 Å². The van der Waals surface area contributed by atoms with Crippen molar-refractivity contribution in [3.63, 3.8) is 0 Å². The van der Waals surface area contributed by atoms with Gasteiger partial charge in [-0.25, -0.2) is 4.68 Å². The highest BCUT2D eigenvalue weighted by atomic mass is 16.4. The molecule has 1 aliphatic rings. The zero-order valence-corrected chi connectivity index (χ0v) is 12.9. The highest BCUT2D eigenvalue weighted by Crippen LogP contribution is 2.26. The van der Waals surface area contributed by atoms with Gasteiger partial charge in [0.15, 0.2) is 0 Å². The predicted molar refractivity (Wildman–Crippen MR) is 84.5 cm³/mol. The molecule has 0 saturated heterocycles. The summed E-state index contributed by atoms with van der Waals surface area (Å²) < 4.78 is 1.76. The lowest BCUT2D eigenvalue weighted by Crippen LogP contribution is -2.33. The minimum Gasteiger partial charge on any atom is -0.481 e. The smallest absolute Gasteiger partial charge is 0.306 e. The van der Waals surface area contributed by atoms with E-state index in [1.54, 1.807) is 16.9 Å². The van der Waals surface area contributed by atoms with Gasteiger partial charge in [-0.05, 0) is 56.0 Å². The molecule has 0 unspecified atom stereocenters. The van der Waals surface area contributed by atoms with Gasteiger partial charge in [0.2, 0.25) is 0 Å². The molecule has 23 heavy (non-hydrogen) atoms. The normalized spacial score (nSPS) is 20.4. The molecule has 2 aromatic rings. The number of hydrogen-bond donors (Lipinski definition) is 2. The predicted octanol–water partition coefficient (Wildman–Crippen LogP) is 2.16. The number of carboxylic acids is 1. The van der Waals surface area contributed by atoms with E-state index in [2.05, 4.69) is 10.4 Å². The summed E-state index contributed by atoms with van der Waals surface area (Å²) in [6.07, 6.45) is 5.40. The summed E-state index contributed by atoms with van der Waals surface area (Å²) in [7, 11) is 0. The first-order chi connectivity index (χ1) is 11.0. The van der Waals surface area contributed by atoms with E-state index in [1.807, 2.05) is 31.3 Å². The third-order valence-electron chi connectivity index (χ3n) is 4.33. The van der Waals surface area contributed by atoms with Crippen molar-refractivity contribution in [1.82, 2.24) is 15.1 Å². The number of hydrogen-bond acceptors (Lipinski definition) is 3. The number of nitrogens with zero attached hydrogens (tertiary/aromatic N) is 2. The number of carbonyl (C=O) groups excluding carboxylic acids is 1. The largest absolute Gasteiger partial charge is 0.481 e. The first-order valence-corrected chi connectivity index (χ1v) is 7.69. The van der Waals surface area contributed by atoms with E-state index in [9.17, 15) is 9.59 Å². The fourth-order valence-electron chi connectivity index (χ4n) is 3.07. The lowest BCUT2D eigenvalue weighted by Gasteiger charge is -2.14. The molecule has 3 rings (SSSR count). The quantitative estimate of drug-likeness (QED) is 0.906. The molecule has 0 spiro atoms. The molecule has 6 nitrogen and oxygen atoms in total. The van der Waals surface area contributed by atoms with E-state index in [0.29, 0.717) is 24.8 Å². The Labute approximate surface area is 134 Å². The fraction of sp³-hybridized carbons (Fsp3) is 0.353. The van der Waals surface area contributed by atoms with Crippen molar-refractivity contribution in [3.8, 4) is 5.69 Å². The Morgan fingerprint density at radius 3 is 2.78 bits per heavy atom. The number of amides is 1. The van der Waals surface area contributed by atoms with E-state index in [4.69, 9.17) is 5.11 Å². The Balaban J connectivity index is 1.69. The summed E-state index contributed by atoms with van der Waals surface area (Å²) in [6, 6.07) is 7.25. The van der Waals surface area contributed by atoms with Gasteiger partial charge < -0.3 is 10.4 Å². The highest BCUT2D eigenvalue weighted by Gasteiger charge is 2.30. The average Bonchev–Trinajstić information content (AvgIpc) is 3.18. The van der Waals surface area contributed by atoms with Gasteiger partial charge in [-0.2, -0.15) is 5.10 Å². The molecule has 0 radical (unpaired) electrons. The summed E-state index contributed by atoms with van der Waals surface area (Å²) in [5, 5.41) is 16.1. The van der Waals surface area contributed by atoms with Gasteiger partial charge in [0, 0.05) is 24.0 Å². The molecule has 1 aromatic heterocycles. The van der Waals surface area contributed by atoms with Crippen LogP contribution in [-0.4, -0.2) is 32.8 Å². The molecule has 0 aliphatic heterocycles. The topological polar surface area (TPSA) is 84.2 Å². The number of aryl methyl sites for hydroxylation is 1. The molecule has 0 bridgehead atoms. The zero-order chi connectivity index (χ0) is 16.4. The molecule has 2 atom stereocenters. The number of carboxylic acid groups (broad SMARTS) is 1. The SMILES string of the molecule is Cc1cc(C(=O)N[C@@H]2CC[C@H](C(=O)O)C2)ccc1-n1cccn1. The van der Waals surface area contributed by atoms with Crippen molar-refractivity contribution in [2.45, 2.75) is 32.2 Å². The first kappa shape index (κ1) is 15.3. The van der Waals surface area contributed by atoms with E-state index in [1.165, 1.54) is 0 Å². The summed E-state index contributed by atoms with van der Waals surface area (Å²) in [4.78, 5) is 23.3. The van der Waals surface area contributed by atoms with Crippen LogP contribution in [0.2, 0.25) is 0 Å². The summed E-state index contributed by atoms with van der Waals surface area (Å²) >= 11 is 0. The van der Waals surface area contributed by atoms with Gasteiger partial charge in [0.25, 0.3) is 5.91 Å². The van der Waals surface area contributed by atoms with Crippen LogP contribution in [-0.2, 0) is 4.79 Å². The van der Waals surface area contributed by atoms with Crippen LogP contribution in [0.4, 0.5) is 0 Å². The minimum atomic E-state index is -0.777. The second kappa shape index (κ2) is 6.24. The van der Waals surface area contributed by atoms with Crippen LogP contribution in [0.3, 0.4) is 0 Å². The molecule has 1 aliphatic carbocycles. The Kier molecular flexibility index (Phi) is 4.14. The van der Waals surface area contributed by atoms with Crippen molar-refractivity contribution < 1.29 is 14.7 Å². The molecule has 1 fully saturated rings. The number of rotatable bonds is 4. The maximum absolute atomic E-state index is 12.3. The third kappa shape index (κ3) is 3.26. The lowest BCUT2D eigenvalue weighted by atomic mass is 10.1. The van der Waals surface area contributed by atoms with Gasteiger partial charge >= 0.3 is 5.97 Å². The second-order valence-electron chi connectivity index (χ2n) is 5.97. The number of nitrogens with one attached hydrogen (secondary N) is 1. The number of carbonyl (C=O) groups is 2. The fourth-order valence-corrected chi connectivity index (χ4v) is 3.07. The molecule has 1 aromatic carbocycles. The van der Waals surface area contributed by atoms with E-state index in [-0.39, 0.29) is 17.9 Å². The second-order valence-corrected chi connectivity index (χ2v) is 5.97. The van der Waals surface area contributed by atoms with Crippen molar-refractivity contribution in [1.29, 1.82) is 0 Å². The van der Waals surface area contributed by atoms with Crippen molar-refractivity contribution in [2.75, 3.05) is 0 Å². The molecule has 1 amide bonds. The van der Waals surface area contributed by atoms with Gasteiger partial charge in [-0.3, -0.25) is 9.59 Å². The van der Waals surface area contributed by atoms with Crippen molar-refractivity contribution in [3.05, 3.63) is 47.8 Å². The average molecular weight is 313 g/mol. The molecule has 1 saturated carbocycles. The number of benzene rings is 1. The van der Waals surface area contributed by atoms with Crippen LogP contribution < -0.4 is 5.32 Å². The Morgan fingerprint density at radius 1 is 1.35 bits per heavy atom. The number of aromatic nitrogens is 2. The molecule has 6 heteroatoms.